The molecule has 1 fully saturated rings. The van der Waals surface area contributed by atoms with Crippen LogP contribution in [0.4, 0.5) is 13.2 Å². The van der Waals surface area contributed by atoms with Crippen molar-refractivity contribution in [2.75, 3.05) is 13.1 Å². The lowest BCUT2D eigenvalue weighted by Crippen LogP contribution is -2.48. The highest BCUT2D eigenvalue weighted by Gasteiger charge is 2.32. The minimum absolute atomic E-state index is 0. The topological polar surface area (TPSA) is 55.6 Å². The Morgan fingerprint density at radius 3 is 2.68 bits per heavy atom. The molecule has 1 aromatic rings. The Balaban J connectivity index is 0.00000242. The molecule has 0 aromatic heterocycles. The number of alkyl halides is 3. The first-order chi connectivity index (χ1) is 9.76. The molecule has 1 amide bonds. The van der Waals surface area contributed by atoms with Crippen molar-refractivity contribution in [3.63, 3.8) is 0 Å². The van der Waals surface area contributed by atoms with Gasteiger partial charge in [0.15, 0.2) is 0 Å². The molecule has 2 atom stereocenters. The van der Waals surface area contributed by atoms with E-state index in [-0.39, 0.29) is 35.8 Å². The van der Waals surface area contributed by atoms with E-state index in [9.17, 15) is 18.0 Å². The van der Waals surface area contributed by atoms with Gasteiger partial charge in [0.25, 0.3) is 5.91 Å². The van der Waals surface area contributed by atoms with Gasteiger partial charge >= 0.3 is 6.36 Å². The molecule has 1 aliphatic heterocycles. The van der Waals surface area contributed by atoms with Crippen molar-refractivity contribution in [1.82, 2.24) is 4.90 Å². The van der Waals surface area contributed by atoms with Crippen LogP contribution in [0.5, 0.6) is 5.75 Å². The van der Waals surface area contributed by atoms with E-state index in [1.54, 1.807) is 4.90 Å². The summed E-state index contributed by atoms with van der Waals surface area (Å²) in [6, 6.07) is 5.17. The van der Waals surface area contributed by atoms with E-state index in [0.29, 0.717) is 19.5 Å². The van der Waals surface area contributed by atoms with E-state index in [2.05, 4.69) is 4.74 Å². The molecule has 0 radical (unpaired) electrons. The number of halogens is 4. The molecule has 2 unspecified atom stereocenters. The summed E-state index contributed by atoms with van der Waals surface area (Å²) in [5.74, 6) is -0.534. The van der Waals surface area contributed by atoms with Crippen LogP contribution >= 0.6 is 12.4 Å². The largest absolute Gasteiger partial charge is 0.573 e. The normalized spacial score (nSPS) is 22.0. The molecule has 2 N–H and O–H groups in total. The van der Waals surface area contributed by atoms with Crippen LogP contribution in [0, 0.1) is 5.92 Å². The van der Waals surface area contributed by atoms with Gasteiger partial charge < -0.3 is 15.4 Å². The van der Waals surface area contributed by atoms with E-state index in [4.69, 9.17) is 5.73 Å². The van der Waals surface area contributed by atoms with Crippen molar-refractivity contribution in [2.45, 2.75) is 25.7 Å². The number of likely N-dealkylation sites (tertiary alicyclic amines) is 1. The Kier molecular flexibility index (Phi) is 6.08. The molecule has 0 bridgehead atoms. The molecule has 124 valence electrons. The van der Waals surface area contributed by atoms with Crippen LogP contribution in [0.15, 0.2) is 24.3 Å². The molecule has 22 heavy (non-hydrogen) atoms. The third-order valence-electron chi connectivity index (χ3n) is 3.57. The number of carbonyl (C=O) groups is 1. The highest BCUT2D eigenvalue weighted by Crippen LogP contribution is 2.24. The highest BCUT2D eigenvalue weighted by molar-refractivity contribution is 5.94. The SMILES string of the molecule is CC1CN(C(=O)c2cccc(OC(F)(F)F)c2)CCC1N.Cl. The van der Waals surface area contributed by atoms with Crippen molar-refractivity contribution in [1.29, 1.82) is 0 Å². The van der Waals surface area contributed by atoms with Crippen molar-refractivity contribution >= 4 is 18.3 Å². The molecular weight excluding hydrogens is 321 g/mol. The summed E-state index contributed by atoms with van der Waals surface area (Å²) >= 11 is 0. The van der Waals surface area contributed by atoms with Crippen LogP contribution in [0.2, 0.25) is 0 Å². The van der Waals surface area contributed by atoms with Gasteiger partial charge in [-0.25, -0.2) is 0 Å². The number of nitrogens with two attached hydrogens (primary N) is 1. The lowest BCUT2D eigenvalue weighted by molar-refractivity contribution is -0.274. The monoisotopic (exact) mass is 338 g/mol. The Bertz CT molecular complexity index is 525. The van der Waals surface area contributed by atoms with Crippen LogP contribution < -0.4 is 10.5 Å². The Morgan fingerprint density at radius 2 is 2.09 bits per heavy atom. The predicted molar refractivity (Wildman–Crippen MR) is 78.0 cm³/mol. The van der Waals surface area contributed by atoms with Crippen molar-refractivity contribution in [2.24, 2.45) is 11.7 Å². The minimum atomic E-state index is -4.77. The van der Waals surface area contributed by atoms with E-state index in [1.807, 2.05) is 6.92 Å². The molecular formula is C14H18ClF3N2O2. The minimum Gasteiger partial charge on any atom is -0.406 e. The first-order valence-electron chi connectivity index (χ1n) is 6.67. The number of amides is 1. The fourth-order valence-corrected chi connectivity index (χ4v) is 2.36. The lowest BCUT2D eigenvalue weighted by atomic mass is 9.94. The number of carbonyl (C=O) groups excluding carboxylic acids is 1. The quantitative estimate of drug-likeness (QED) is 0.902. The molecule has 1 aliphatic rings. The van der Waals surface area contributed by atoms with Crippen LogP contribution in [0.3, 0.4) is 0 Å². The molecule has 1 heterocycles. The number of nitrogens with zero attached hydrogens (tertiary/aromatic N) is 1. The van der Waals surface area contributed by atoms with Crippen LogP contribution in [-0.4, -0.2) is 36.3 Å². The fraction of sp³-hybridized carbons (Fsp3) is 0.500. The zero-order chi connectivity index (χ0) is 15.6. The molecule has 4 nitrogen and oxygen atoms in total. The average molecular weight is 339 g/mol. The smallest absolute Gasteiger partial charge is 0.406 e. The summed E-state index contributed by atoms with van der Waals surface area (Å²) < 4.78 is 40.4. The maximum atomic E-state index is 12.3. The first-order valence-corrected chi connectivity index (χ1v) is 6.67. The van der Waals surface area contributed by atoms with Gasteiger partial charge in [-0.3, -0.25) is 4.79 Å². The van der Waals surface area contributed by atoms with Gasteiger partial charge in [-0.1, -0.05) is 13.0 Å². The Morgan fingerprint density at radius 1 is 1.41 bits per heavy atom. The second-order valence-corrected chi connectivity index (χ2v) is 5.26. The highest BCUT2D eigenvalue weighted by atomic mass is 35.5. The van der Waals surface area contributed by atoms with Gasteiger partial charge in [0, 0.05) is 24.7 Å². The molecule has 2 rings (SSSR count). The molecule has 0 saturated carbocycles. The molecule has 1 saturated heterocycles. The summed E-state index contributed by atoms with van der Waals surface area (Å²) in [5.41, 5.74) is 6.07. The van der Waals surface area contributed by atoms with Crippen LogP contribution in [0.25, 0.3) is 0 Å². The summed E-state index contributed by atoms with van der Waals surface area (Å²) in [6.07, 6.45) is -4.08. The first kappa shape index (κ1) is 18.6. The van der Waals surface area contributed by atoms with Crippen molar-refractivity contribution < 1.29 is 22.7 Å². The summed E-state index contributed by atoms with van der Waals surface area (Å²) in [6.45, 7) is 2.96. The lowest BCUT2D eigenvalue weighted by Gasteiger charge is -2.35. The zero-order valence-corrected chi connectivity index (χ0v) is 12.8. The molecule has 0 aliphatic carbocycles. The number of hydrogen-bond acceptors (Lipinski definition) is 3. The number of piperidine rings is 1. The molecule has 1 aromatic carbocycles. The van der Waals surface area contributed by atoms with E-state index >= 15 is 0 Å². The van der Waals surface area contributed by atoms with Crippen LogP contribution in [-0.2, 0) is 0 Å². The second kappa shape index (κ2) is 7.19. The standard InChI is InChI=1S/C14H17F3N2O2.ClH/c1-9-8-19(6-5-12(9)18)13(20)10-3-2-4-11(7-10)21-14(15,16)17;/h2-4,7,9,12H,5-6,8,18H2,1H3;1H. The van der Waals surface area contributed by atoms with Crippen molar-refractivity contribution in [3.05, 3.63) is 29.8 Å². The van der Waals surface area contributed by atoms with Gasteiger partial charge in [-0.05, 0) is 30.5 Å². The van der Waals surface area contributed by atoms with Gasteiger partial charge in [-0.15, -0.1) is 25.6 Å². The van der Waals surface area contributed by atoms with Gasteiger partial charge in [0.2, 0.25) is 0 Å². The van der Waals surface area contributed by atoms with E-state index in [0.717, 1.165) is 6.07 Å². The Hall–Kier alpha value is -1.47. The van der Waals surface area contributed by atoms with Gasteiger partial charge in [0.05, 0.1) is 0 Å². The molecule has 0 spiro atoms. The zero-order valence-electron chi connectivity index (χ0n) is 12.0. The third-order valence-corrected chi connectivity index (χ3v) is 3.57. The van der Waals surface area contributed by atoms with Crippen LogP contribution in [0.1, 0.15) is 23.7 Å². The van der Waals surface area contributed by atoms with Crippen molar-refractivity contribution in [3.8, 4) is 5.75 Å². The third kappa shape index (κ3) is 4.78. The maximum Gasteiger partial charge on any atom is 0.573 e. The number of hydrogen-bond donors (Lipinski definition) is 1. The summed E-state index contributed by atoms with van der Waals surface area (Å²) in [4.78, 5) is 13.9. The average Bonchev–Trinajstić information content (AvgIpc) is 2.39. The molecule has 8 heteroatoms. The maximum absolute atomic E-state index is 12.3. The number of rotatable bonds is 2. The summed E-state index contributed by atoms with van der Waals surface area (Å²) in [5, 5.41) is 0. The van der Waals surface area contributed by atoms with E-state index < -0.39 is 12.1 Å². The fourth-order valence-electron chi connectivity index (χ4n) is 2.36. The van der Waals surface area contributed by atoms with E-state index in [1.165, 1.54) is 18.2 Å². The van der Waals surface area contributed by atoms with Gasteiger partial charge in [0.1, 0.15) is 5.75 Å². The van der Waals surface area contributed by atoms with Gasteiger partial charge in [-0.2, -0.15) is 0 Å². The number of ether oxygens (including phenoxy) is 1. The second-order valence-electron chi connectivity index (χ2n) is 5.26. The summed E-state index contributed by atoms with van der Waals surface area (Å²) in [7, 11) is 0. The number of benzene rings is 1. The Labute approximate surface area is 132 Å². The predicted octanol–water partition coefficient (Wildman–Crippen LogP) is 2.82.